The normalized spacial score (nSPS) is 16.4. The van der Waals surface area contributed by atoms with E-state index in [1.807, 2.05) is 0 Å². The van der Waals surface area contributed by atoms with Crippen LogP contribution in [0, 0.1) is 0 Å². The van der Waals surface area contributed by atoms with Crippen molar-refractivity contribution in [2.24, 2.45) is 0 Å². The van der Waals surface area contributed by atoms with Crippen LogP contribution in [0.3, 0.4) is 0 Å². The summed E-state index contributed by atoms with van der Waals surface area (Å²) in [5, 5.41) is 10.2. The van der Waals surface area contributed by atoms with E-state index < -0.39 is 0 Å². The van der Waals surface area contributed by atoms with E-state index in [0.717, 1.165) is 12.8 Å². The Hall–Kier alpha value is -0.610. The van der Waals surface area contributed by atoms with Crippen molar-refractivity contribution in [2.75, 3.05) is 19.7 Å². The van der Waals surface area contributed by atoms with Gasteiger partial charge in [-0.05, 0) is 31.0 Å². The minimum Gasteiger partial charge on any atom is -0.395 e. The van der Waals surface area contributed by atoms with Gasteiger partial charge in [0, 0.05) is 23.2 Å². The van der Waals surface area contributed by atoms with E-state index in [4.69, 9.17) is 23.2 Å². The summed E-state index contributed by atoms with van der Waals surface area (Å²) in [6, 6.07) is 5.33. The maximum atomic E-state index is 12.5. The van der Waals surface area contributed by atoms with Crippen LogP contribution >= 0.6 is 23.2 Å². The smallest absolute Gasteiger partial charge is 0.178 e. The molecular formula is C16H21Cl2NO2. The summed E-state index contributed by atoms with van der Waals surface area (Å²) in [7, 11) is 0. The van der Waals surface area contributed by atoms with Gasteiger partial charge in [-0.2, -0.15) is 0 Å². The Kier molecular flexibility index (Phi) is 6.49. The van der Waals surface area contributed by atoms with Crippen molar-refractivity contribution < 1.29 is 9.90 Å². The van der Waals surface area contributed by atoms with Crippen molar-refractivity contribution in [3.05, 3.63) is 33.8 Å². The zero-order chi connectivity index (χ0) is 15.2. The van der Waals surface area contributed by atoms with Crippen molar-refractivity contribution >= 4 is 29.0 Å². The summed E-state index contributed by atoms with van der Waals surface area (Å²) >= 11 is 12.0. The molecule has 0 aliphatic heterocycles. The lowest BCUT2D eigenvalue weighted by atomic mass is 9.94. The van der Waals surface area contributed by atoms with Crippen LogP contribution in [-0.2, 0) is 0 Å². The number of aliphatic hydroxyl groups is 1. The van der Waals surface area contributed by atoms with Crippen molar-refractivity contribution in [3.63, 3.8) is 0 Å². The number of carbonyl (C=O) groups excluding carboxylic acids is 1. The molecule has 1 fully saturated rings. The lowest BCUT2D eigenvalue weighted by molar-refractivity contribution is 0.0815. The molecule has 0 saturated heterocycles. The Balaban J connectivity index is 2.06. The lowest BCUT2D eigenvalue weighted by Crippen LogP contribution is -2.42. The zero-order valence-corrected chi connectivity index (χ0v) is 13.5. The number of carbonyl (C=O) groups is 1. The molecule has 1 aromatic rings. The van der Waals surface area contributed by atoms with Crippen LogP contribution < -0.4 is 0 Å². The number of hydrogen-bond donors (Lipinski definition) is 1. The number of nitrogens with zero attached hydrogens (tertiary/aromatic N) is 1. The molecule has 21 heavy (non-hydrogen) atoms. The first-order chi connectivity index (χ1) is 10.1. The van der Waals surface area contributed by atoms with Gasteiger partial charge in [0.1, 0.15) is 0 Å². The van der Waals surface area contributed by atoms with Crippen LogP contribution in [0.25, 0.3) is 0 Å². The molecule has 0 amide bonds. The molecule has 2 rings (SSSR count). The number of benzene rings is 1. The predicted molar refractivity (Wildman–Crippen MR) is 86.3 cm³/mol. The second kappa shape index (κ2) is 8.14. The highest BCUT2D eigenvalue weighted by Gasteiger charge is 2.23. The van der Waals surface area contributed by atoms with Crippen LogP contribution in [0.5, 0.6) is 0 Å². The highest BCUT2D eigenvalue weighted by molar-refractivity contribution is 6.36. The van der Waals surface area contributed by atoms with Gasteiger partial charge in [0.05, 0.1) is 18.2 Å². The van der Waals surface area contributed by atoms with Gasteiger partial charge in [-0.1, -0.05) is 42.5 Å². The Morgan fingerprint density at radius 1 is 1.24 bits per heavy atom. The van der Waals surface area contributed by atoms with E-state index in [1.165, 1.54) is 19.3 Å². The number of aliphatic hydroxyl groups excluding tert-OH is 1. The number of ketones is 1. The average molecular weight is 330 g/mol. The molecule has 1 aromatic carbocycles. The first-order valence-electron chi connectivity index (χ1n) is 7.45. The monoisotopic (exact) mass is 329 g/mol. The molecule has 116 valence electrons. The Bertz CT molecular complexity index is 487. The quantitative estimate of drug-likeness (QED) is 0.807. The van der Waals surface area contributed by atoms with E-state index in [9.17, 15) is 9.90 Å². The average Bonchev–Trinajstić information content (AvgIpc) is 2.47. The molecule has 3 nitrogen and oxygen atoms in total. The van der Waals surface area contributed by atoms with E-state index in [1.54, 1.807) is 18.2 Å². The Morgan fingerprint density at radius 2 is 1.95 bits per heavy atom. The largest absolute Gasteiger partial charge is 0.395 e. The fraction of sp³-hybridized carbons (Fsp3) is 0.562. The van der Waals surface area contributed by atoms with Crippen molar-refractivity contribution in [3.8, 4) is 0 Å². The third-order valence-electron chi connectivity index (χ3n) is 4.06. The van der Waals surface area contributed by atoms with Gasteiger partial charge in [0.25, 0.3) is 0 Å². The van der Waals surface area contributed by atoms with Gasteiger partial charge < -0.3 is 5.11 Å². The maximum absolute atomic E-state index is 12.5. The first-order valence-corrected chi connectivity index (χ1v) is 8.20. The summed E-state index contributed by atoms with van der Waals surface area (Å²) in [4.78, 5) is 14.5. The lowest BCUT2D eigenvalue weighted by Gasteiger charge is -2.33. The van der Waals surface area contributed by atoms with E-state index in [0.29, 0.717) is 34.7 Å². The highest BCUT2D eigenvalue weighted by Crippen LogP contribution is 2.25. The second-order valence-electron chi connectivity index (χ2n) is 5.53. The summed E-state index contributed by atoms with van der Waals surface area (Å²) in [6.07, 6.45) is 5.86. The molecule has 0 spiro atoms. The molecule has 0 unspecified atom stereocenters. The second-order valence-corrected chi connectivity index (χ2v) is 6.38. The molecule has 0 radical (unpaired) electrons. The molecule has 0 aromatic heterocycles. The number of rotatable bonds is 6. The SMILES string of the molecule is O=C(CN(CCO)C1CCCCC1)c1ccc(Cl)cc1Cl. The molecular weight excluding hydrogens is 309 g/mol. The fourth-order valence-electron chi connectivity index (χ4n) is 2.95. The third-order valence-corrected chi connectivity index (χ3v) is 4.60. The van der Waals surface area contributed by atoms with Gasteiger partial charge in [-0.25, -0.2) is 0 Å². The predicted octanol–water partition coefficient (Wildman–Crippen LogP) is 3.80. The fourth-order valence-corrected chi connectivity index (χ4v) is 3.46. The Morgan fingerprint density at radius 3 is 2.57 bits per heavy atom. The first kappa shape index (κ1) is 16.8. The number of Topliss-reactive ketones (excluding diaryl/α,β-unsaturated/α-hetero) is 1. The van der Waals surface area contributed by atoms with Gasteiger partial charge in [-0.3, -0.25) is 9.69 Å². The van der Waals surface area contributed by atoms with Crippen molar-refractivity contribution in [1.82, 2.24) is 4.90 Å². The van der Waals surface area contributed by atoms with Crippen LogP contribution in [0.15, 0.2) is 18.2 Å². The van der Waals surface area contributed by atoms with Crippen LogP contribution in [0.4, 0.5) is 0 Å². The summed E-state index contributed by atoms with van der Waals surface area (Å²) in [5.41, 5.74) is 0.500. The highest BCUT2D eigenvalue weighted by atomic mass is 35.5. The minimum atomic E-state index is -0.0179. The van der Waals surface area contributed by atoms with E-state index in [-0.39, 0.29) is 12.4 Å². The van der Waals surface area contributed by atoms with Crippen LogP contribution in [-0.4, -0.2) is 41.5 Å². The Labute approximate surface area is 135 Å². The van der Waals surface area contributed by atoms with Crippen LogP contribution in [0.2, 0.25) is 10.0 Å². The number of hydrogen-bond acceptors (Lipinski definition) is 3. The molecule has 0 atom stereocenters. The molecule has 5 heteroatoms. The molecule has 1 N–H and O–H groups in total. The van der Waals surface area contributed by atoms with Crippen LogP contribution in [0.1, 0.15) is 42.5 Å². The summed E-state index contributed by atoms with van der Waals surface area (Å²) in [5.74, 6) is -0.0179. The molecule has 0 bridgehead atoms. The maximum Gasteiger partial charge on any atom is 0.178 e. The van der Waals surface area contributed by atoms with E-state index in [2.05, 4.69) is 4.90 Å². The van der Waals surface area contributed by atoms with Gasteiger partial charge in [-0.15, -0.1) is 0 Å². The van der Waals surface area contributed by atoms with Crippen molar-refractivity contribution in [2.45, 2.75) is 38.1 Å². The minimum absolute atomic E-state index is 0.0179. The molecule has 1 aliphatic carbocycles. The summed E-state index contributed by atoms with van der Waals surface area (Å²) < 4.78 is 0. The molecule has 1 aliphatic rings. The van der Waals surface area contributed by atoms with Crippen molar-refractivity contribution in [1.29, 1.82) is 0 Å². The van der Waals surface area contributed by atoms with Gasteiger partial charge in [0.15, 0.2) is 5.78 Å². The topological polar surface area (TPSA) is 40.5 Å². The number of halogens is 2. The third kappa shape index (κ3) is 4.68. The van der Waals surface area contributed by atoms with Gasteiger partial charge >= 0.3 is 0 Å². The zero-order valence-electron chi connectivity index (χ0n) is 12.0. The van der Waals surface area contributed by atoms with E-state index >= 15 is 0 Å². The standard InChI is InChI=1S/C16H21Cl2NO2/c17-12-6-7-14(15(18)10-12)16(21)11-19(8-9-20)13-4-2-1-3-5-13/h6-7,10,13,20H,1-5,8-9,11H2. The van der Waals surface area contributed by atoms with Gasteiger partial charge in [0.2, 0.25) is 0 Å². The molecule has 0 heterocycles. The molecule has 1 saturated carbocycles. The summed E-state index contributed by atoms with van der Waals surface area (Å²) in [6.45, 7) is 0.895.